The number of unbranched alkanes of at least 4 members (excludes halogenated alkanes) is 1. The average Bonchev–Trinajstić information content (AvgIpc) is 3.88. The van der Waals surface area contributed by atoms with E-state index in [9.17, 15) is 0 Å². The fourth-order valence-corrected chi connectivity index (χ4v) is 5.70. The Hall–Kier alpha value is -2.02. The van der Waals surface area contributed by atoms with Gasteiger partial charge in [-0.05, 0) is 50.9 Å². The first-order valence-corrected chi connectivity index (χ1v) is 15.1. The number of rotatable bonds is 11. The number of aryl methyl sites for hydroxylation is 1. The van der Waals surface area contributed by atoms with Gasteiger partial charge < -0.3 is 27.2 Å². The Balaban J connectivity index is 0.00000173. The van der Waals surface area contributed by atoms with Gasteiger partial charge in [0.15, 0.2) is 0 Å². The zero-order valence-electron chi connectivity index (χ0n) is 27.3. The minimum absolute atomic E-state index is 0. The van der Waals surface area contributed by atoms with Gasteiger partial charge in [-0.25, -0.2) is 9.13 Å². The molecule has 13 heteroatoms. The van der Waals surface area contributed by atoms with Crippen molar-refractivity contribution in [2.45, 2.75) is 39.3 Å². The molecule has 0 amide bonds. The summed E-state index contributed by atoms with van der Waals surface area (Å²) in [6, 6.07) is 33.6. The molecule has 0 fully saturated rings. The van der Waals surface area contributed by atoms with E-state index in [0.29, 0.717) is 11.6 Å². The zero-order valence-corrected chi connectivity index (χ0v) is 35.1. The first kappa shape index (κ1) is 38.8. The van der Waals surface area contributed by atoms with Gasteiger partial charge >= 0.3 is 103 Å². The van der Waals surface area contributed by atoms with Crippen LogP contribution in [0.3, 0.4) is 0 Å². The van der Waals surface area contributed by atoms with Crippen LogP contribution in [-0.4, -0.2) is 35.6 Å². The van der Waals surface area contributed by atoms with Crippen LogP contribution in [0.25, 0.3) is 45.0 Å². The Labute approximate surface area is 375 Å². The molecule has 3 heterocycles. The van der Waals surface area contributed by atoms with Crippen LogP contribution in [-0.2, 0) is 19.5 Å². The number of aromatic nitrogens is 10. The van der Waals surface area contributed by atoms with Crippen LogP contribution in [0.15, 0.2) is 110 Å². The summed E-state index contributed by atoms with van der Waals surface area (Å²) >= 11 is 0. The van der Waals surface area contributed by atoms with Gasteiger partial charge in [-0.3, -0.25) is 20.6 Å². The summed E-state index contributed by atoms with van der Waals surface area (Å²) in [5, 5.41) is 30.8. The second-order valence-electron chi connectivity index (χ2n) is 11.0. The van der Waals surface area contributed by atoms with Crippen LogP contribution in [0.5, 0.6) is 0 Å². The molecular weight excluding hydrogens is 719 g/mol. The third-order valence-electron chi connectivity index (χ3n) is 7.98. The molecule has 0 aliphatic rings. The fourth-order valence-electron chi connectivity index (χ4n) is 5.70. The fraction of sp³-hybridized carbons (Fsp3) is 0.171. The third-order valence-corrected chi connectivity index (χ3v) is 7.98. The van der Waals surface area contributed by atoms with Crippen LogP contribution < -0.4 is 135 Å². The molecule has 0 aliphatic heterocycles. The van der Waals surface area contributed by atoms with Crippen LogP contribution in [0.2, 0.25) is 0 Å². The molecule has 10 nitrogen and oxygen atoms in total. The maximum Gasteiger partial charge on any atom is 1.00 e. The molecule has 0 radical (unpaired) electrons. The standard InChI is InChI=1S/C35H31N10.BrH.2K/c1-2-3-8-29-23-44(21-25-13-17-27(18-14-25)30-9-4-6-11-32(30)34-36-40-41-37-34)24-45(29)22-26-15-19-28(20-16-26)31-10-5-7-12-33(31)35-38-42-43-39-35;;;/h4-7,9-20,23-24H,2-3,8,21-22H2,1H3;1H;;/q-1;;2*+1/p-1. The molecule has 3 aromatic heterocycles. The summed E-state index contributed by atoms with van der Waals surface area (Å²) in [5.41, 5.74) is 9.98. The second kappa shape index (κ2) is 18.8. The molecule has 7 rings (SSSR count). The molecule has 230 valence electrons. The first-order valence-electron chi connectivity index (χ1n) is 15.1. The van der Waals surface area contributed by atoms with Gasteiger partial charge in [0.25, 0.3) is 0 Å². The van der Waals surface area contributed by atoms with E-state index in [1.807, 2.05) is 36.4 Å². The van der Waals surface area contributed by atoms with Crippen molar-refractivity contribution in [2.75, 3.05) is 0 Å². The summed E-state index contributed by atoms with van der Waals surface area (Å²) in [5.74, 6) is 1.07. The monoisotopic (exact) mass is 748 g/mol. The maximum atomic E-state index is 4.06. The average molecular weight is 750 g/mol. The predicted molar refractivity (Wildman–Crippen MR) is 169 cm³/mol. The van der Waals surface area contributed by atoms with Crippen molar-refractivity contribution in [1.82, 2.24) is 45.8 Å². The Morgan fingerprint density at radius 2 is 1.15 bits per heavy atom. The summed E-state index contributed by atoms with van der Waals surface area (Å²) in [4.78, 5) is 0. The molecular formula is C35H31BrK2N10. The minimum atomic E-state index is 0. The van der Waals surface area contributed by atoms with Gasteiger partial charge in [0, 0.05) is 18.1 Å². The second-order valence-corrected chi connectivity index (χ2v) is 11.0. The molecule has 0 spiro atoms. The molecule has 0 saturated heterocycles. The van der Waals surface area contributed by atoms with Gasteiger partial charge in [-0.15, -0.1) is 0 Å². The van der Waals surface area contributed by atoms with Gasteiger partial charge in [0.1, 0.15) is 25.0 Å². The molecule has 0 atom stereocenters. The quantitative estimate of drug-likeness (QED) is 0.0978. The summed E-state index contributed by atoms with van der Waals surface area (Å²) in [6.45, 7) is 3.83. The first-order chi connectivity index (χ1) is 22.2. The van der Waals surface area contributed by atoms with E-state index < -0.39 is 0 Å². The van der Waals surface area contributed by atoms with Crippen molar-refractivity contribution in [3.63, 3.8) is 0 Å². The summed E-state index contributed by atoms with van der Waals surface area (Å²) in [6.07, 6.45) is 7.87. The molecule has 0 aliphatic carbocycles. The molecule has 0 saturated carbocycles. The van der Waals surface area contributed by atoms with Crippen molar-refractivity contribution in [3.05, 3.63) is 126 Å². The van der Waals surface area contributed by atoms with Crippen LogP contribution in [0.4, 0.5) is 0 Å². The smallest absolute Gasteiger partial charge is 1.00 e. The molecule has 0 unspecified atom stereocenters. The topological polar surface area (TPSA) is 114 Å². The molecule has 7 aromatic rings. The van der Waals surface area contributed by atoms with E-state index in [-0.39, 0.29) is 120 Å². The van der Waals surface area contributed by atoms with Gasteiger partial charge in [-0.1, -0.05) is 110 Å². The molecule has 0 N–H and O–H groups in total. The van der Waals surface area contributed by atoms with Crippen molar-refractivity contribution in [1.29, 1.82) is 0 Å². The van der Waals surface area contributed by atoms with E-state index in [0.717, 1.165) is 65.7 Å². The number of nitrogens with zero attached hydrogens (tertiary/aromatic N) is 10. The number of hydrogen-bond acceptors (Lipinski definition) is 6. The normalized spacial score (nSPS) is 10.5. The van der Waals surface area contributed by atoms with Crippen molar-refractivity contribution < 1.29 is 124 Å². The van der Waals surface area contributed by atoms with Crippen molar-refractivity contribution >= 4 is 0 Å². The van der Waals surface area contributed by atoms with E-state index in [4.69, 9.17) is 0 Å². The Kier molecular flexibility index (Phi) is 15.2. The Morgan fingerprint density at radius 1 is 0.646 bits per heavy atom. The van der Waals surface area contributed by atoms with Crippen LogP contribution >= 0.6 is 0 Å². The Morgan fingerprint density at radius 3 is 1.62 bits per heavy atom. The number of benzene rings is 4. The summed E-state index contributed by atoms with van der Waals surface area (Å²) in [7, 11) is 0. The van der Waals surface area contributed by atoms with Crippen molar-refractivity contribution in [3.8, 4) is 45.0 Å². The van der Waals surface area contributed by atoms with Gasteiger partial charge in [-0.2, -0.15) is 10.4 Å². The SMILES string of the molecule is CCCCc1c[n+](Cc2ccc(-c3ccccc3-c3nnn[n-]3)cc2)cn1Cc1ccc(-c2ccccc2-c2nnn[n-]2)cc1.[Br-].[K+].[K+]. The van der Waals surface area contributed by atoms with E-state index in [1.54, 1.807) is 0 Å². The van der Waals surface area contributed by atoms with E-state index >= 15 is 0 Å². The molecule has 4 aromatic carbocycles. The number of hydrogen-bond donors (Lipinski definition) is 0. The van der Waals surface area contributed by atoms with Crippen LogP contribution in [0, 0.1) is 0 Å². The maximum absolute atomic E-state index is 4.06. The molecule has 0 bridgehead atoms. The summed E-state index contributed by atoms with van der Waals surface area (Å²) < 4.78 is 4.66. The van der Waals surface area contributed by atoms with Gasteiger partial charge in [0.05, 0.1) is 0 Å². The molecule has 48 heavy (non-hydrogen) atoms. The number of tetrazole rings is 2. The van der Waals surface area contributed by atoms with Crippen LogP contribution in [0.1, 0.15) is 36.6 Å². The number of halogens is 1. The van der Waals surface area contributed by atoms with Gasteiger partial charge in [0.2, 0.25) is 6.33 Å². The zero-order chi connectivity index (χ0) is 30.4. The minimum Gasteiger partial charge on any atom is -1.00 e. The van der Waals surface area contributed by atoms with E-state index in [1.165, 1.54) is 16.8 Å². The Bertz CT molecular complexity index is 1990. The third kappa shape index (κ3) is 9.20. The largest absolute Gasteiger partial charge is 1.00 e. The predicted octanol–water partition coefficient (Wildman–Crippen LogP) is -3.82. The van der Waals surface area contributed by atoms with Crippen molar-refractivity contribution in [2.24, 2.45) is 0 Å². The number of imidazole rings is 1. The van der Waals surface area contributed by atoms with E-state index in [2.05, 4.69) is 130 Å².